The summed E-state index contributed by atoms with van der Waals surface area (Å²) < 4.78 is 0. The van der Waals surface area contributed by atoms with Crippen LogP contribution < -0.4 is 10.6 Å². The van der Waals surface area contributed by atoms with Crippen LogP contribution in [-0.2, 0) is 22.7 Å². The molecule has 0 aromatic heterocycles. The fraction of sp³-hybridized carbons (Fsp3) is 0.667. The summed E-state index contributed by atoms with van der Waals surface area (Å²) in [5.41, 5.74) is 4.15. The summed E-state index contributed by atoms with van der Waals surface area (Å²) in [6, 6.07) is 6.46. The van der Waals surface area contributed by atoms with Gasteiger partial charge in [-0.05, 0) is 79.4 Å². The number of rotatable bonds is 4. The van der Waals surface area contributed by atoms with Crippen molar-refractivity contribution in [3.05, 3.63) is 34.9 Å². The van der Waals surface area contributed by atoms with Crippen molar-refractivity contribution in [1.29, 1.82) is 0 Å². The van der Waals surface area contributed by atoms with Crippen molar-refractivity contribution in [1.82, 2.24) is 15.5 Å². The molecule has 4 aliphatic carbocycles. The van der Waals surface area contributed by atoms with Gasteiger partial charge in [0.25, 0.3) is 0 Å². The summed E-state index contributed by atoms with van der Waals surface area (Å²) in [6.07, 6.45) is 9.49. The number of hydrogen-bond donors (Lipinski definition) is 3. The number of nitrogens with zero attached hydrogens (tertiary/aromatic N) is 1. The molecule has 5 fully saturated rings. The van der Waals surface area contributed by atoms with Crippen LogP contribution in [0.4, 0.5) is 0 Å². The van der Waals surface area contributed by atoms with E-state index in [1.807, 2.05) is 0 Å². The van der Waals surface area contributed by atoms with Crippen LogP contribution in [0.15, 0.2) is 18.2 Å². The Bertz CT molecular complexity index is 865. The van der Waals surface area contributed by atoms with E-state index < -0.39 is 0 Å². The van der Waals surface area contributed by atoms with Gasteiger partial charge in [0.1, 0.15) is 0 Å². The number of nitrogens with one attached hydrogen (secondary N) is 2. The van der Waals surface area contributed by atoms with E-state index in [-0.39, 0.29) is 23.2 Å². The minimum absolute atomic E-state index is 0.0940. The minimum atomic E-state index is -0.272. The van der Waals surface area contributed by atoms with Gasteiger partial charge in [-0.15, -0.1) is 0 Å². The second kappa shape index (κ2) is 7.07. The molecule has 2 unspecified atom stereocenters. The van der Waals surface area contributed by atoms with E-state index in [0.717, 1.165) is 30.8 Å². The quantitative estimate of drug-likeness (QED) is 0.512. The molecular weight excluding hydrogens is 394 g/mol. The summed E-state index contributed by atoms with van der Waals surface area (Å²) in [6.45, 7) is 1.64. The molecule has 7 rings (SSSR count). The van der Waals surface area contributed by atoms with Gasteiger partial charge in [0.2, 0.25) is 11.8 Å². The highest BCUT2D eigenvalue weighted by molar-refractivity contribution is 7.80. The molecule has 2 heterocycles. The van der Waals surface area contributed by atoms with E-state index in [1.165, 1.54) is 55.2 Å². The average Bonchev–Trinajstić information content (AvgIpc) is 3.01. The predicted octanol–water partition coefficient (Wildman–Crippen LogP) is 3.29. The molecule has 6 aliphatic rings. The van der Waals surface area contributed by atoms with Gasteiger partial charge < -0.3 is 5.32 Å². The number of amides is 2. The number of piperidine rings is 1. The molecule has 1 aromatic rings. The zero-order valence-electron chi connectivity index (χ0n) is 17.4. The van der Waals surface area contributed by atoms with Crippen LogP contribution in [0.1, 0.15) is 73.4 Å². The monoisotopic (exact) mass is 425 g/mol. The van der Waals surface area contributed by atoms with Crippen LogP contribution in [0.2, 0.25) is 0 Å². The molecular formula is C24H31N3O2S. The van der Waals surface area contributed by atoms with Gasteiger partial charge in [-0.3, -0.25) is 19.8 Å². The Kier molecular flexibility index (Phi) is 4.56. The first-order valence-electron chi connectivity index (χ1n) is 11.6. The molecule has 1 aromatic carbocycles. The maximum atomic E-state index is 12.3. The van der Waals surface area contributed by atoms with Crippen LogP contribution in [0, 0.1) is 17.8 Å². The molecule has 2 aliphatic heterocycles. The Morgan fingerprint density at radius 1 is 1.10 bits per heavy atom. The van der Waals surface area contributed by atoms with Crippen LogP contribution in [0.3, 0.4) is 0 Å². The van der Waals surface area contributed by atoms with Crippen LogP contribution in [-0.4, -0.2) is 28.3 Å². The second-order valence-electron chi connectivity index (χ2n) is 10.6. The lowest BCUT2D eigenvalue weighted by Gasteiger charge is -2.57. The van der Waals surface area contributed by atoms with E-state index in [0.29, 0.717) is 18.4 Å². The number of thiol groups is 1. The number of hydrogen-bond acceptors (Lipinski definition) is 5. The molecule has 0 spiro atoms. The summed E-state index contributed by atoms with van der Waals surface area (Å²) in [7, 11) is 0. The van der Waals surface area contributed by atoms with Gasteiger partial charge in [0.15, 0.2) is 0 Å². The minimum Gasteiger partial charge on any atom is -0.307 e. The second-order valence-corrected chi connectivity index (χ2v) is 11.1. The molecule has 0 radical (unpaired) electrons. The average molecular weight is 426 g/mol. The SMILES string of the molecule is O=C1CCC(N2Cc3ccc(CNC45CC6CC(CC(C6)C4)C5)cc3C2S)C(=O)N1. The molecule has 5 nitrogen and oxygen atoms in total. The maximum Gasteiger partial charge on any atom is 0.243 e. The zero-order chi connectivity index (χ0) is 20.5. The van der Waals surface area contributed by atoms with Gasteiger partial charge in [-0.2, -0.15) is 12.6 Å². The number of carbonyl (C=O) groups is 2. The summed E-state index contributed by atoms with van der Waals surface area (Å²) in [5, 5.41) is 6.39. The first kappa shape index (κ1) is 19.3. The van der Waals surface area contributed by atoms with Gasteiger partial charge in [0, 0.05) is 25.0 Å². The third kappa shape index (κ3) is 3.23. The largest absolute Gasteiger partial charge is 0.307 e. The lowest BCUT2D eigenvalue weighted by molar-refractivity contribution is -0.137. The maximum absolute atomic E-state index is 12.3. The number of imide groups is 1. The number of carbonyl (C=O) groups excluding carboxylic acids is 2. The van der Waals surface area contributed by atoms with Crippen LogP contribution in [0.5, 0.6) is 0 Å². The molecule has 4 bridgehead atoms. The van der Waals surface area contributed by atoms with Gasteiger partial charge in [0.05, 0.1) is 11.4 Å². The normalized spacial score (nSPS) is 40.0. The predicted molar refractivity (Wildman–Crippen MR) is 118 cm³/mol. The van der Waals surface area contributed by atoms with Crippen molar-refractivity contribution in [3.63, 3.8) is 0 Å². The van der Waals surface area contributed by atoms with E-state index in [2.05, 4.69) is 33.7 Å². The highest BCUT2D eigenvalue weighted by atomic mass is 32.1. The third-order valence-corrected chi connectivity index (χ3v) is 9.05. The lowest BCUT2D eigenvalue weighted by atomic mass is 9.53. The van der Waals surface area contributed by atoms with Crippen LogP contribution in [0.25, 0.3) is 0 Å². The number of benzene rings is 1. The summed E-state index contributed by atoms with van der Waals surface area (Å²) in [4.78, 5) is 26.0. The van der Waals surface area contributed by atoms with Crippen molar-refractivity contribution in [2.24, 2.45) is 17.8 Å². The first-order valence-corrected chi connectivity index (χ1v) is 12.1. The Labute approximate surface area is 183 Å². The Morgan fingerprint density at radius 3 is 2.47 bits per heavy atom. The first-order chi connectivity index (χ1) is 14.5. The van der Waals surface area contributed by atoms with Crippen molar-refractivity contribution < 1.29 is 9.59 Å². The van der Waals surface area contributed by atoms with Crippen molar-refractivity contribution >= 4 is 24.4 Å². The van der Waals surface area contributed by atoms with E-state index in [4.69, 9.17) is 12.6 Å². The lowest BCUT2D eigenvalue weighted by Crippen LogP contribution is -2.58. The Morgan fingerprint density at radius 2 is 1.80 bits per heavy atom. The topological polar surface area (TPSA) is 61.4 Å². The molecule has 4 saturated carbocycles. The van der Waals surface area contributed by atoms with Crippen molar-refractivity contribution in [2.75, 3.05) is 0 Å². The van der Waals surface area contributed by atoms with E-state index in [1.54, 1.807) is 0 Å². The Hall–Kier alpha value is -1.37. The van der Waals surface area contributed by atoms with Crippen molar-refractivity contribution in [2.45, 2.75) is 81.4 Å². The summed E-state index contributed by atoms with van der Waals surface area (Å²) in [5.74, 6) is 2.51. The standard InChI is InChI=1S/C24H31N3O2S/c28-21-4-3-20(22(29)26-21)27-13-18-2-1-14(8-19(18)23(27)30)12-25-24-9-15-5-16(10-24)7-17(6-15)11-24/h1-2,8,15-17,20,23,25,30H,3-7,9-13H2,(H,26,28,29). The number of fused-ring (bicyclic) bond motifs is 1. The van der Waals surface area contributed by atoms with Crippen molar-refractivity contribution in [3.8, 4) is 0 Å². The molecule has 2 N–H and O–H groups in total. The van der Waals surface area contributed by atoms with Gasteiger partial charge in [-0.1, -0.05) is 18.2 Å². The Balaban J connectivity index is 1.15. The molecule has 160 valence electrons. The zero-order valence-corrected chi connectivity index (χ0v) is 18.3. The molecule has 30 heavy (non-hydrogen) atoms. The third-order valence-electron chi connectivity index (χ3n) is 8.47. The molecule has 1 saturated heterocycles. The fourth-order valence-corrected chi connectivity index (χ4v) is 7.98. The highest BCUT2D eigenvalue weighted by Gasteiger charge is 2.50. The van der Waals surface area contributed by atoms with Gasteiger partial charge >= 0.3 is 0 Å². The molecule has 2 amide bonds. The van der Waals surface area contributed by atoms with E-state index >= 15 is 0 Å². The molecule has 6 heteroatoms. The smallest absolute Gasteiger partial charge is 0.243 e. The highest BCUT2D eigenvalue weighted by Crippen LogP contribution is 2.55. The molecule has 2 atom stereocenters. The summed E-state index contributed by atoms with van der Waals surface area (Å²) >= 11 is 4.87. The van der Waals surface area contributed by atoms with Gasteiger partial charge in [-0.25, -0.2) is 0 Å². The fourth-order valence-electron chi connectivity index (χ4n) is 7.50. The van der Waals surface area contributed by atoms with Crippen LogP contribution >= 0.6 is 12.6 Å². The van der Waals surface area contributed by atoms with E-state index in [9.17, 15) is 9.59 Å².